The number of ether oxygens (including phenoxy) is 1. The molecule has 8 nitrogen and oxygen atoms in total. The Morgan fingerprint density at radius 3 is 2.60 bits per heavy atom. The van der Waals surface area contributed by atoms with Crippen molar-refractivity contribution in [3.8, 4) is 5.75 Å². The minimum absolute atomic E-state index is 0.121. The van der Waals surface area contributed by atoms with Crippen LogP contribution in [0.3, 0.4) is 0 Å². The lowest BCUT2D eigenvalue weighted by Crippen LogP contribution is -2.41. The summed E-state index contributed by atoms with van der Waals surface area (Å²) in [7, 11) is 1.35. The summed E-state index contributed by atoms with van der Waals surface area (Å²) in [4.78, 5) is 40.4. The van der Waals surface area contributed by atoms with Gasteiger partial charge in [-0.25, -0.2) is 9.18 Å². The Labute approximate surface area is 178 Å². The van der Waals surface area contributed by atoms with E-state index >= 15 is 0 Å². The van der Waals surface area contributed by atoms with E-state index in [1.165, 1.54) is 29.8 Å². The van der Waals surface area contributed by atoms with Crippen LogP contribution in [0.4, 0.5) is 15.9 Å². The molecule has 1 heterocycles. The summed E-state index contributed by atoms with van der Waals surface area (Å²) < 4.78 is 20.1. The standard InChI is InChI=1S/C20H18BrFN4O4/c1-25(16(27)11-30-15-8-7-13(22)9-14(15)21)17-18(23)26(20(29)24-19(17)28)10-12-5-3-2-4-6-12/h2-9H,10-11,23H2,1H3,(H,24,28,29). The average molecular weight is 477 g/mol. The number of nitrogens with one attached hydrogen (secondary N) is 1. The number of benzene rings is 2. The number of aromatic nitrogens is 2. The minimum atomic E-state index is -0.791. The van der Waals surface area contributed by atoms with Crippen molar-refractivity contribution in [1.82, 2.24) is 9.55 Å². The Morgan fingerprint density at radius 1 is 1.23 bits per heavy atom. The number of hydrogen-bond acceptors (Lipinski definition) is 5. The molecule has 3 aromatic rings. The fourth-order valence-corrected chi connectivity index (χ4v) is 3.24. The number of halogens is 2. The summed E-state index contributed by atoms with van der Waals surface area (Å²) in [5.41, 5.74) is 5.23. The largest absolute Gasteiger partial charge is 0.483 e. The maximum atomic E-state index is 13.2. The highest BCUT2D eigenvalue weighted by atomic mass is 79.9. The number of rotatable bonds is 6. The molecule has 2 aromatic carbocycles. The van der Waals surface area contributed by atoms with E-state index in [-0.39, 0.29) is 23.8 Å². The number of anilines is 2. The van der Waals surface area contributed by atoms with E-state index in [0.29, 0.717) is 4.47 Å². The molecule has 1 aromatic heterocycles. The molecule has 3 rings (SSSR count). The van der Waals surface area contributed by atoms with Gasteiger partial charge in [-0.1, -0.05) is 30.3 Å². The van der Waals surface area contributed by atoms with Crippen LogP contribution >= 0.6 is 15.9 Å². The van der Waals surface area contributed by atoms with Gasteiger partial charge in [-0.05, 0) is 39.7 Å². The number of nitrogens with zero attached hydrogens (tertiary/aromatic N) is 2. The lowest BCUT2D eigenvalue weighted by atomic mass is 10.2. The zero-order chi connectivity index (χ0) is 21.8. The zero-order valence-corrected chi connectivity index (χ0v) is 17.5. The second-order valence-electron chi connectivity index (χ2n) is 6.38. The summed E-state index contributed by atoms with van der Waals surface area (Å²) in [5.74, 6) is -0.938. The highest BCUT2D eigenvalue weighted by molar-refractivity contribution is 9.10. The molecule has 0 aliphatic heterocycles. The molecule has 30 heavy (non-hydrogen) atoms. The fraction of sp³-hybridized carbons (Fsp3) is 0.150. The molecule has 0 fully saturated rings. The van der Waals surface area contributed by atoms with Gasteiger partial charge in [-0.3, -0.25) is 19.1 Å². The number of carbonyl (C=O) groups is 1. The molecule has 0 atom stereocenters. The molecule has 0 unspecified atom stereocenters. The van der Waals surface area contributed by atoms with Gasteiger partial charge in [0.05, 0.1) is 11.0 Å². The van der Waals surface area contributed by atoms with Crippen LogP contribution in [0.5, 0.6) is 5.75 Å². The van der Waals surface area contributed by atoms with Crippen LogP contribution in [0.15, 0.2) is 62.6 Å². The maximum Gasteiger partial charge on any atom is 0.330 e. The summed E-state index contributed by atoms with van der Waals surface area (Å²) >= 11 is 3.15. The molecule has 0 spiro atoms. The van der Waals surface area contributed by atoms with Gasteiger partial charge in [0.15, 0.2) is 12.3 Å². The number of carbonyl (C=O) groups excluding carboxylic acids is 1. The van der Waals surface area contributed by atoms with E-state index in [0.717, 1.165) is 10.5 Å². The monoisotopic (exact) mass is 476 g/mol. The minimum Gasteiger partial charge on any atom is -0.483 e. The van der Waals surface area contributed by atoms with E-state index in [1.807, 2.05) is 18.2 Å². The molecule has 0 saturated heterocycles. The number of nitrogen functional groups attached to an aromatic ring is 1. The Hall–Kier alpha value is -3.40. The summed E-state index contributed by atoms with van der Waals surface area (Å²) in [6, 6.07) is 12.8. The molecule has 0 saturated carbocycles. The number of hydrogen-bond donors (Lipinski definition) is 2. The first-order chi connectivity index (χ1) is 14.3. The van der Waals surface area contributed by atoms with Crippen LogP contribution in [0, 0.1) is 5.82 Å². The van der Waals surface area contributed by atoms with Gasteiger partial charge in [-0.15, -0.1) is 0 Å². The zero-order valence-electron chi connectivity index (χ0n) is 15.9. The smallest absolute Gasteiger partial charge is 0.330 e. The first-order valence-electron chi connectivity index (χ1n) is 8.79. The first kappa shape index (κ1) is 21.3. The Morgan fingerprint density at radius 2 is 1.93 bits per heavy atom. The highest BCUT2D eigenvalue weighted by Crippen LogP contribution is 2.25. The quantitative estimate of drug-likeness (QED) is 0.565. The second kappa shape index (κ2) is 8.95. The van der Waals surface area contributed by atoms with Gasteiger partial charge in [0.1, 0.15) is 17.4 Å². The molecule has 3 N–H and O–H groups in total. The number of H-pyrrole nitrogens is 1. The molecule has 10 heteroatoms. The number of likely N-dealkylation sites (N-methyl/N-ethyl adjacent to an activating group) is 1. The summed E-state index contributed by atoms with van der Waals surface area (Å²) in [5, 5.41) is 0. The fourth-order valence-electron chi connectivity index (χ4n) is 2.78. The SMILES string of the molecule is CN(C(=O)COc1ccc(F)cc1Br)c1c(N)n(Cc2ccccc2)c(=O)[nH]c1=O. The van der Waals surface area contributed by atoms with Gasteiger partial charge in [-0.2, -0.15) is 0 Å². The Kier molecular flexibility index (Phi) is 6.36. The van der Waals surface area contributed by atoms with Gasteiger partial charge in [0.2, 0.25) is 0 Å². The van der Waals surface area contributed by atoms with Crippen molar-refractivity contribution in [2.45, 2.75) is 6.54 Å². The third kappa shape index (κ3) is 4.60. The van der Waals surface area contributed by atoms with Gasteiger partial charge < -0.3 is 15.4 Å². The van der Waals surface area contributed by atoms with Crippen molar-refractivity contribution in [2.24, 2.45) is 0 Å². The van der Waals surface area contributed by atoms with Crippen LogP contribution in [0.1, 0.15) is 5.56 Å². The molecule has 0 aliphatic carbocycles. The van der Waals surface area contributed by atoms with Crippen molar-refractivity contribution in [1.29, 1.82) is 0 Å². The molecular formula is C20H18BrFN4O4. The van der Waals surface area contributed by atoms with E-state index in [9.17, 15) is 18.8 Å². The Balaban J connectivity index is 1.84. The number of aromatic amines is 1. The first-order valence-corrected chi connectivity index (χ1v) is 9.58. The lowest BCUT2D eigenvalue weighted by molar-refractivity contribution is -0.120. The van der Waals surface area contributed by atoms with Crippen molar-refractivity contribution in [2.75, 3.05) is 24.3 Å². The third-order valence-corrected chi connectivity index (χ3v) is 4.97. The van der Waals surface area contributed by atoms with Gasteiger partial charge >= 0.3 is 5.69 Å². The van der Waals surface area contributed by atoms with E-state index in [2.05, 4.69) is 20.9 Å². The van der Waals surface area contributed by atoms with E-state index < -0.39 is 29.6 Å². The Bertz CT molecular complexity index is 1190. The van der Waals surface area contributed by atoms with Gasteiger partial charge in [0, 0.05) is 7.05 Å². The molecule has 156 valence electrons. The lowest BCUT2D eigenvalue weighted by Gasteiger charge is -2.20. The molecule has 0 radical (unpaired) electrons. The average Bonchev–Trinajstić information content (AvgIpc) is 2.70. The normalized spacial score (nSPS) is 10.6. The molecule has 1 amide bonds. The molecule has 0 bridgehead atoms. The predicted octanol–water partition coefficient (Wildman–Crippen LogP) is 2.11. The van der Waals surface area contributed by atoms with Crippen molar-refractivity contribution in [3.63, 3.8) is 0 Å². The topological polar surface area (TPSA) is 110 Å². The van der Waals surface area contributed by atoms with E-state index in [4.69, 9.17) is 10.5 Å². The number of amides is 1. The van der Waals surface area contributed by atoms with Crippen LogP contribution in [0.2, 0.25) is 0 Å². The highest BCUT2D eigenvalue weighted by Gasteiger charge is 2.21. The van der Waals surface area contributed by atoms with Gasteiger partial charge in [0.25, 0.3) is 11.5 Å². The second-order valence-corrected chi connectivity index (χ2v) is 7.24. The summed E-state index contributed by atoms with van der Waals surface area (Å²) in [6.07, 6.45) is 0. The van der Waals surface area contributed by atoms with Crippen molar-refractivity contribution >= 4 is 33.3 Å². The maximum absolute atomic E-state index is 13.2. The van der Waals surface area contributed by atoms with Crippen molar-refractivity contribution < 1.29 is 13.9 Å². The van der Waals surface area contributed by atoms with Crippen LogP contribution in [-0.4, -0.2) is 29.1 Å². The predicted molar refractivity (Wildman–Crippen MR) is 114 cm³/mol. The third-order valence-electron chi connectivity index (χ3n) is 4.35. The van der Waals surface area contributed by atoms with Crippen LogP contribution < -0.4 is 26.6 Å². The van der Waals surface area contributed by atoms with E-state index in [1.54, 1.807) is 12.1 Å². The van der Waals surface area contributed by atoms with Crippen LogP contribution in [-0.2, 0) is 11.3 Å². The summed E-state index contributed by atoms with van der Waals surface area (Å²) in [6.45, 7) is -0.312. The number of nitrogens with two attached hydrogens (primary N) is 1. The molecule has 0 aliphatic rings. The van der Waals surface area contributed by atoms with Crippen LogP contribution in [0.25, 0.3) is 0 Å². The molecular weight excluding hydrogens is 459 g/mol. The van der Waals surface area contributed by atoms with Crippen molar-refractivity contribution in [3.05, 3.63) is 85.2 Å².